The smallest absolute Gasteiger partial charge is 0.407 e. The molecule has 73 heavy (non-hydrogen) atoms. The molecule has 8 heterocycles. The molecule has 4 amide bonds. The summed E-state index contributed by atoms with van der Waals surface area (Å²) >= 11 is 1.73. The Morgan fingerprint density at radius 3 is 2.15 bits per heavy atom. The number of hydrogen-bond acceptors (Lipinski definition) is 11. The Hall–Kier alpha value is -6.73. The van der Waals surface area contributed by atoms with Gasteiger partial charge in [0.1, 0.15) is 35.3 Å². The summed E-state index contributed by atoms with van der Waals surface area (Å²) < 4.78 is 41.9. The van der Waals surface area contributed by atoms with Crippen molar-refractivity contribution in [2.24, 2.45) is 11.8 Å². The second-order valence-corrected chi connectivity index (χ2v) is 22.1. The Bertz CT molecular complexity index is 3130. The van der Waals surface area contributed by atoms with Crippen molar-refractivity contribution in [1.29, 1.82) is 0 Å². The number of aromatic nitrogens is 5. The summed E-state index contributed by atoms with van der Waals surface area (Å²) in [6.07, 6.45) is 10.3. The first-order valence-electron chi connectivity index (χ1n) is 25.7. The molecule has 6 aromatic rings. The van der Waals surface area contributed by atoms with Gasteiger partial charge in [-0.25, -0.2) is 23.9 Å². The molecule has 6 atom stereocenters. The molecular weight excluding hydrogens is 954 g/mol. The van der Waals surface area contributed by atoms with Crippen molar-refractivity contribution < 1.29 is 42.5 Å². The maximum absolute atomic E-state index is 17.0. The Balaban J connectivity index is 0.841. The third-order valence-electron chi connectivity index (χ3n) is 15.9. The number of benzene rings is 2. The monoisotopic (exact) mass is 1010 g/mol. The number of alkyl carbamates (subject to hydrolysis) is 2. The number of carbonyl (C=O) groups excluding carboxylic acids is 4. The Kier molecular flexibility index (Phi) is 12.1. The number of aromatic amines is 2. The van der Waals surface area contributed by atoms with Crippen LogP contribution in [0, 0.1) is 17.7 Å². The second kappa shape index (κ2) is 18.6. The number of likely N-dealkylation sites (tertiary alicyclic amines) is 2. The molecule has 3 unspecified atom stereocenters. The van der Waals surface area contributed by atoms with E-state index in [9.17, 15) is 19.2 Å². The lowest BCUT2D eigenvalue weighted by atomic mass is 9.86. The average molecular weight is 1010 g/mol. The summed E-state index contributed by atoms with van der Waals surface area (Å²) in [5.41, 5.74) is 4.54. The first-order valence-corrected chi connectivity index (χ1v) is 26.5. The molecule has 12 rings (SSSR count). The number of fused-ring (bicyclic) bond motifs is 5. The summed E-state index contributed by atoms with van der Waals surface area (Å²) in [4.78, 5) is 75.5. The van der Waals surface area contributed by atoms with Gasteiger partial charge in [-0.2, -0.15) is 0 Å². The van der Waals surface area contributed by atoms with Crippen LogP contribution in [0.5, 0.6) is 5.75 Å². The van der Waals surface area contributed by atoms with Crippen molar-refractivity contribution in [3.63, 3.8) is 0 Å². The molecule has 6 aliphatic rings. The summed E-state index contributed by atoms with van der Waals surface area (Å²) in [6, 6.07) is 13.7. The van der Waals surface area contributed by atoms with Crippen molar-refractivity contribution >= 4 is 46.2 Å². The van der Waals surface area contributed by atoms with Crippen LogP contribution in [0.4, 0.5) is 14.0 Å². The number of H-pyrrole nitrogens is 2. The van der Waals surface area contributed by atoms with Crippen molar-refractivity contribution in [1.82, 2.24) is 44.9 Å². The van der Waals surface area contributed by atoms with Crippen molar-refractivity contribution in [3.05, 3.63) is 88.1 Å². The van der Waals surface area contributed by atoms with Gasteiger partial charge in [-0.05, 0) is 124 Å². The van der Waals surface area contributed by atoms with Crippen LogP contribution in [-0.2, 0) is 23.8 Å². The molecule has 3 saturated heterocycles. The van der Waals surface area contributed by atoms with E-state index in [0.29, 0.717) is 78.4 Å². The average Bonchev–Trinajstić information content (AvgIpc) is 3.89. The molecule has 17 nitrogen and oxygen atoms in total. The number of rotatable bonds is 12. The molecule has 0 bridgehead atoms. The number of amides is 4. The van der Waals surface area contributed by atoms with E-state index < -0.39 is 36.3 Å². The first kappa shape index (κ1) is 47.3. The zero-order chi connectivity index (χ0) is 50.3. The molecule has 5 fully saturated rings. The lowest BCUT2D eigenvalue weighted by molar-refractivity contribution is -0.138. The van der Waals surface area contributed by atoms with Crippen LogP contribution in [0.25, 0.3) is 44.7 Å². The number of imidazole rings is 2. The highest BCUT2D eigenvalue weighted by Gasteiger charge is 2.51. The van der Waals surface area contributed by atoms with Crippen molar-refractivity contribution in [2.45, 2.75) is 120 Å². The fourth-order valence-corrected chi connectivity index (χ4v) is 13.0. The van der Waals surface area contributed by atoms with Gasteiger partial charge in [0.05, 0.1) is 77.3 Å². The van der Waals surface area contributed by atoms with Crippen LogP contribution in [0.15, 0.2) is 60.9 Å². The van der Waals surface area contributed by atoms with Gasteiger partial charge in [0, 0.05) is 41.1 Å². The lowest BCUT2D eigenvalue weighted by Gasteiger charge is -2.37. The van der Waals surface area contributed by atoms with Gasteiger partial charge >= 0.3 is 12.2 Å². The zero-order valence-electron chi connectivity index (χ0n) is 41.4. The van der Waals surface area contributed by atoms with Gasteiger partial charge in [0.25, 0.3) is 0 Å². The fraction of sp³-hybridized carbons (Fsp3) is 0.481. The summed E-state index contributed by atoms with van der Waals surface area (Å²) in [7, 11) is 2.59. The second-order valence-electron chi connectivity index (χ2n) is 21.0. The standard InChI is InChI=1S/C54H60FN9O8S/c1-28(2)45(60-52(67)69-3)49(65)62-18-5-7-38(62)48-57-27-36(59-48)32-22-34(55)44-40-23-33-21-30(11-12-37(33)64(40)51(72-41(44)24-32)43-14-13-42(73-43)29-9-10-29)35-26-56-47(58-35)39-8-6-19-63(39)50(66)46(61-53(68)70-4)31-15-20-71-54(25-31)16-17-54/h11-14,21-24,26-29,31,38-39,45-46,51H,5-10,15-20,25H2,1-4H3,(H,56,58)(H,57,59)(H,60,67)(H,61,68)/t31?,38-,39-,45-,46?,51?/m0/s1. The van der Waals surface area contributed by atoms with Gasteiger partial charge in [0.2, 0.25) is 18.0 Å². The van der Waals surface area contributed by atoms with E-state index in [0.717, 1.165) is 65.6 Å². The van der Waals surface area contributed by atoms with Crippen LogP contribution in [0.2, 0.25) is 0 Å². The molecule has 2 aromatic carbocycles. The minimum absolute atomic E-state index is 0.0649. The van der Waals surface area contributed by atoms with E-state index in [-0.39, 0.29) is 41.3 Å². The van der Waals surface area contributed by atoms with Crippen LogP contribution in [0.1, 0.15) is 124 Å². The fourth-order valence-electron chi connectivity index (χ4n) is 11.8. The SMILES string of the molecule is COC(=O)NC(C(=O)N1CCC[C@H]1c1ncc(-c2ccc3c(c2)cc2n3C(c3ccc(C4CC4)s3)Oc3cc(-c4cnc([C@@H]5CCCN5C(=O)[C@@H](NC(=O)OC)C(C)C)[nH]4)cc(F)c3-2)[nH]1)C1CCOC2(CC2)C1. The molecule has 382 valence electrons. The predicted octanol–water partition coefficient (Wildman–Crippen LogP) is 9.50. The van der Waals surface area contributed by atoms with E-state index >= 15 is 4.39 Å². The predicted molar refractivity (Wildman–Crippen MR) is 269 cm³/mol. The molecule has 4 aromatic heterocycles. The third kappa shape index (κ3) is 8.70. The molecule has 1 spiro atoms. The normalized spacial score (nSPS) is 22.7. The maximum atomic E-state index is 17.0. The van der Waals surface area contributed by atoms with E-state index in [1.165, 1.54) is 38.0 Å². The van der Waals surface area contributed by atoms with Gasteiger partial charge in [-0.15, -0.1) is 11.3 Å². The molecule has 2 aliphatic carbocycles. The van der Waals surface area contributed by atoms with E-state index in [4.69, 9.17) is 28.9 Å². The van der Waals surface area contributed by atoms with Crippen LogP contribution in [-0.4, -0.2) is 110 Å². The zero-order valence-corrected chi connectivity index (χ0v) is 42.2. The highest BCUT2D eigenvalue weighted by molar-refractivity contribution is 7.12. The number of methoxy groups -OCH3 is 2. The van der Waals surface area contributed by atoms with E-state index in [1.54, 1.807) is 28.6 Å². The Morgan fingerprint density at radius 2 is 1.48 bits per heavy atom. The molecule has 0 radical (unpaired) electrons. The van der Waals surface area contributed by atoms with Crippen LogP contribution < -0.4 is 15.4 Å². The summed E-state index contributed by atoms with van der Waals surface area (Å²) in [5, 5.41) is 6.48. The Labute approximate surface area is 425 Å². The Morgan fingerprint density at radius 1 is 0.808 bits per heavy atom. The van der Waals surface area contributed by atoms with Gasteiger partial charge in [-0.3, -0.25) is 14.2 Å². The molecule has 4 aliphatic heterocycles. The maximum Gasteiger partial charge on any atom is 0.407 e. The van der Waals surface area contributed by atoms with E-state index in [1.807, 2.05) is 43.0 Å². The number of halogens is 1. The van der Waals surface area contributed by atoms with Gasteiger partial charge < -0.3 is 49.3 Å². The number of ether oxygens (including phenoxy) is 4. The number of nitrogens with one attached hydrogen (secondary N) is 4. The first-order chi connectivity index (χ1) is 35.4. The quantitative estimate of drug-likeness (QED) is 0.0916. The lowest BCUT2D eigenvalue weighted by Crippen LogP contribution is -2.54. The highest BCUT2D eigenvalue weighted by Crippen LogP contribution is 2.51. The highest BCUT2D eigenvalue weighted by atomic mass is 32.1. The number of thiophene rings is 1. The molecule has 2 saturated carbocycles. The van der Waals surface area contributed by atoms with Crippen LogP contribution in [0.3, 0.4) is 0 Å². The van der Waals surface area contributed by atoms with Gasteiger partial charge in [-0.1, -0.05) is 19.9 Å². The van der Waals surface area contributed by atoms with Crippen LogP contribution >= 0.6 is 11.3 Å². The number of nitrogens with zero attached hydrogens (tertiary/aromatic N) is 5. The molecular formula is C54H60FN9O8S. The van der Waals surface area contributed by atoms with Gasteiger partial charge in [0.15, 0.2) is 0 Å². The van der Waals surface area contributed by atoms with Crippen molar-refractivity contribution in [3.8, 4) is 39.5 Å². The minimum atomic E-state index is -0.770. The number of hydrogen-bond donors (Lipinski definition) is 4. The largest absolute Gasteiger partial charge is 0.464 e. The summed E-state index contributed by atoms with van der Waals surface area (Å²) in [6.45, 7) is 5.37. The minimum Gasteiger partial charge on any atom is -0.464 e. The summed E-state index contributed by atoms with van der Waals surface area (Å²) in [5.74, 6) is 1.18. The van der Waals surface area contributed by atoms with E-state index in [2.05, 4.69) is 43.4 Å². The molecule has 4 N–H and O–H groups in total. The van der Waals surface area contributed by atoms with Crippen molar-refractivity contribution in [2.75, 3.05) is 33.9 Å². The third-order valence-corrected chi connectivity index (χ3v) is 17.2. The number of carbonyl (C=O) groups is 4. The topological polar surface area (TPSA) is 198 Å². The molecule has 19 heteroatoms.